The molecular formula is C20H21N4O4S+. The molecule has 1 saturated heterocycles. The highest BCUT2D eigenvalue weighted by Gasteiger charge is 2.40. The van der Waals surface area contributed by atoms with E-state index < -0.39 is 5.25 Å². The summed E-state index contributed by atoms with van der Waals surface area (Å²) in [5.74, 6) is 0.138. The Labute approximate surface area is 172 Å². The number of imide groups is 1. The van der Waals surface area contributed by atoms with E-state index in [1.165, 1.54) is 6.21 Å². The lowest BCUT2D eigenvalue weighted by molar-refractivity contribution is -0.456. The Morgan fingerprint density at radius 3 is 2.72 bits per heavy atom. The van der Waals surface area contributed by atoms with Crippen molar-refractivity contribution in [2.45, 2.75) is 18.6 Å². The number of amidine groups is 1. The van der Waals surface area contributed by atoms with Crippen LogP contribution in [0.25, 0.3) is 0 Å². The third kappa shape index (κ3) is 4.94. The first kappa shape index (κ1) is 20.4. The first-order valence-electron chi connectivity index (χ1n) is 8.95. The molecule has 0 radical (unpaired) electrons. The first-order chi connectivity index (χ1) is 14.0. The summed E-state index contributed by atoms with van der Waals surface area (Å²) in [6.07, 6.45) is 1.52. The predicted molar refractivity (Wildman–Crippen MR) is 112 cm³/mol. The summed E-state index contributed by atoms with van der Waals surface area (Å²) in [7, 11) is 0. The molecule has 8 nitrogen and oxygen atoms in total. The highest BCUT2D eigenvalue weighted by Crippen LogP contribution is 2.30. The van der Waals surface area contributed by atoms with Gasteiger partial charge in [-0.1, -0.05) is 23.9 Å². The Bertz CT molecular complexity index is 959. The van der Waals surface area contributed by atoms with Crippen molar-refractivity contribution < 1.29 is 24.5 Å². The molecule has 3 rings (SSSR count). The number of para-hydroxylation sites is 1. The van der Waals surface area contributed by atoms with Crippen molar-refractivity contribution >= 4 is 40.6 Å². The van der Waals surface area contributed by atoms with Crippen LogP contribution in [-0.4, -0.2) is 40.2 Å². The third-order valence-electron chi connectivity index (χ3n) is 4.11. The monoisotopic (exact) mass is 413 g/mol. The van der Waals surface area contributed by atoms with E-state index in [0.717, 1.165) is 16.7 Å². The van der Waals surface area contributed by atoms with Crippen LogP contribution in [0, 0.1) is 0 Å². The molecule has 1 aliphatic heterocycles. The van der Waals surface area contributed by atoms with Crippen LogP contribution in [-0.2, 0) is 9.59 Å². The predicted octanol–water partition coefficient (Wildman–Crippen LogP) is 0.585. The van der Waals surface area contributed by atoms with Crippen LogP contribution in [0.3, 0.4) is 0 Å². The molecule has 1 aliphatic rings. The number of hydrogen-bond donors (Lipinski definition) is 3. The van der Waals surface area contributed by atoms with Gasteiger partial charge in [-0.3, -0.25) is 9.59 Å². The maximum absolute atomic E-state index is 12.7. The summed E-state index contributed by atoms with van der Waals surface area (Å²) in [5, 5.41) is 15.8. The number of anilines is 1. The molecule has 1 heterocycles. The minimum atomic E-state index is -0.648. The fourth-order valence-corrected chi connectivity index (χ4v) is 3.60. The van der Waals surface area contributed by atoms with Gasteiger partial charge in [0.05, 0.1) is 17.9 Å². The van der Waals surface area contributed by atoms with E-state index in [-0.39, 0.29) is 29.2 Å². The van der Waals surface area contributed by atoms with Gasteiger partial charge >= 0.3 is 0 Å². The Kier molecular flexibility index (Phi) is 6.50. The normalized spacial score (nSPS) is 17.3. The van der Waals surface area contributed by atoms with Crippen LogP contribution in [0.4, 0.5) is 5.69 Å². The van der Waals surface area contributed by atoms with Crippen molar-refractivity contribution in [2.24, 2.45) is 10.8 Å². The van der Waals surface area contributed by atoms with Gasteiger partial charge in [0.15, 0.2) is 0 Å². The number of carbonyl (C=O) groups excluding carboxylic acids is 2. The van der Waals surface area contributed by atoms with Gasteiger partial charge in [0.2, 0.25) is 23.2 Å². The Morgan fingerprint density at radius 2 is 2.03 bits per heavy atom. The van der Waals surface area contributed by atoms with Crippen LogP contribution in [0.2, 0.25) is 0 Å². The molecule has 2 amide bonds. The van der Waals surface area contributed by atoms with Gasteiger partial charge in [0.25, 0.3) is 0 Å². The second-order valence-corrected chi connectivity index (χ2v) is 7.31. The minimum absolute atomic E-state index is 0.0378. The van der Waals surface area contributed by atoms with Crippen molar-refractivity contribution in [3.05, 3.63) is 54.1 Å². The van der Waals surface area contributed by atoms with E-state index in [0.29, 0.717) is 23.6 Å². The average Bonchev–Trinajstić information content (AvgIpc) is 2.97. The van der Waals surface area contributed by atoms with Gasteiger partial charge in [0, 0.05) is 11.5 Å². The minimum Gasteiger partial charge on any atom is -0.507 e. The van der Waals surface area contributed by atoms with Crippen molar-refractivity contribution in [3.8, 4) is 11.5 Å². The van der Waals surface area contributed by atoms with E-state index in [1.807, 2.05) is 6.92 Å². The van der Waals surface area contributed by atoms with E-state index in [9.17, 15) is 14.7 Å². The molecule has 1 atom stereocenters. The number of hydrogen-bond acceptors (Lipinski definition) is 6. The fraction of sp³-hybridized carbons (Fsp3) is 0.200. The molecule has 2 aromatic carbocycles. The quantitative estimate of drug-likeness (QED) is 0.276. The lowest BCUT2D eigenvalue weighted by atomic mass is 10.2. The van der Waals surface area contributed by atoms with Gasteiger partial charge in [-0.2, -0.15) is 0 Å². The molecule has 0 bridgehead atoms. The van der Waals surface area contributed by atoms with Crippen molar-refractivity contribution in [1.29, 1.82) is 0 Å². The molecule has 1 fully saturated rings. The first-order valence-corrected chi connectivity index (χ1v) is 9.83. The van der Waals surface area contributed by atoms with Crippen molar-refractivity contribution in [1.82, 2.24) is 0 Å². The SMILES string of the molecule is CCOc1ccc(N2C(=O)C[C@@H](SC(N)=N/[NH+]=C/c3ccccc3O)C2=O)cc1. The number of rotatable bonds is 6. The number of ether oxygens (including phenoxy) is 1. The van der Waals surface area contributed by atoms with Gasteiger partial charge < -0.3 is 15.6 Å². The van der Waals surface area contributed by atoms with Crippen molar-refractivity contribution in [2.75, 3.05) is 11.5 Å². The van der Waals surface area contributed by atoms with Crippen LogP contribution in [0.15, 0.2) is 53.6 Å². The number of amides is 2. The van der Waals surface area contributed by atoms with Crippen LogP contribution < -0.4 is 20.5 Å². The number of phenolic OH excluding ortho intramolecular Hbond substituents is 1. The molecular weight excluding hydrogens is 392 g/mol. The molecule has 4 N–H and O–H groups in total. The van der Waals surface area contributed by atoms with Gasteiger partial charge in [-0.15, -0.1) is 5.10 Å². The third-order valence-corrected chi connectivity index (χ3v) is 5.09. The van der Waals surface area contributed by atoms with E-state index in [2.05, 4.69) is 10.2 Å². The molecule has 9 heteroatoms. The number of phenols is 1. The molecule has 0 saturated carbocycles. The number of thioether (sulfide) groups is 1. The largest absolute Gasteiger partial charge is 0.507 e. The highest BCUT2D eigenvalue weighted by molar-refractivity contribution is 8.14. The van der Waals surface area contributed by atoms with E-state index >= 15 is 0 Å². The highest BCUT2D eigenvalue weighted by atomic mass is 32.2. The average molecular weight is 413 g/mol. The van der Waals surface area contributed by atoms with E-state index in [1.54, 1.807) is 48.5 Å². The molecule has 2 aromatic rings. The molecule has 0 aromatic heterocycles. The number of hydrazone groups is 1. The maximum Gasteiger partial charge on any atom is 0.247 e. The van der Waals surface area contributed by atoms with Gasteiger partial charge in [-0.25, -0.2) is 4.90 Å². The molecule has 150 valence electrons. The number of carbonyl (C=O) groups is 2. The fourth-order valence-electron chi connectivity index (χ4n) is 2.77. The molecule has 29 heavy (non-hydrogen) atoms. The van der Waals surface area contributed by atoms with Gasteiger partial charge in [-0.05, 0) is 43.3 Å². The van der Waals surface area contributed by atoms with Crippen LogP contribution in [0.1, 0.15) is 18.9 Å². The number of nitrogens with one attached hydrogen (secondary N) is 1. The molecule has 0 unspecified atom stereocenters. The van der Waals surface area contributed by atoms with E-state index in [4.69, 9.17) is 10.5 Å². The lowest BCUT2D eigenvalue weighted by Crippen LogP contribution is -2.62. The second kappa shape index (κ2) is 9.24. The molecule has 0 spiro atoms. The molecule has 0 aliphatic carbocycles. The number of benzene rings is 2. The zero-order valence-corrected chi connectivity index (χ0v) is 16.6. The summed E-state index contributed by atoms with van der Waals surface area (Å²) in [5.41, 5.74) is 6.91. The standard InChI is InChI=1S/C20H20N4O4S/c1-2-28-15-9-7-14(8-10-15)24-18(26)11-17(19(24)27)29-20(21)23-22-12-13-5-3-4-6-16(13)25/h3-10,12,17,25H,2,11H2,1H3,(H2,21,23)/p+1/b22-12+/t17-/m1/s1. The Hall–Kier alpha value is -3.33. The van der Waals surface area contributed by atoms with Crippen LogP contribution >= 0.6 is 11.8 Å². The zero-order chi connectivity index (χ0) is 20.8. The number of nitrogens with zero attached hydrogens (tertiary/aromatic N) is 2. The second-order valence-electron chi connectivity index (χ2n) is 6.09. The topological polar surface area (TPSA) is 119 Å². The number of aromatic hydroxyl groups is 1. The van der Waals surface area contributed by atoms with Crippen LogP contribution in [0.5, 0.6) is 11.5 Å². The lowest BCUT2D eigenvalue weighted by Gasteiger charge is -2.15. The Morgan fingerprint density at radius 1 is 1.31 bits per heavy atom. The summed E-state index contributed by atoms with van der Waals surface area (Å²) in [6.45, 7) is 2.41. The number of nitrogens with two attached hydrogens (primary N) is 1. The zero-order valence-electron chi connectivity index (χ0n) is 15.7. The maximum atomic E-state index is 12.7. The summed E-state index contributed by atoms with van der Waals surface area (Å²) in [4.78, 5) is 26.2. The summed E-state index contributed by atoms with van der Waals surface area (Å²) >= 11 is 1.01. The smallest absolute Gasteiger partial charge is 0.247 e. The Balaban J connectivity index is 1.65. The van der Waals surface area contributed by atoms with Crippen molar-refractivity contribution in [3.63, 3.8) is 0 Å². The summed E-state index contributed by atoms with van der Waals surface area (Å²) < 4.78 is 5.38. The summed E-state index contributed by atoms with van der Waals surface area (Å²) in [6, 6.07) is 13.5. The van der Waals surface area contributed by atoms with Gasteiger partial charge in [0.1, 0.15) is 16.7 Å².